The first-order valence-electron chi connectivity index (χ1n) is 6.44. The molecule has 0 aromatic heterocycles. The number of benzene rings is 1. The lowest BCUT2D eigenvalue weighted by molar-refractivity contribution is -0.280. The van der Waals surface area contributed by atoms with Gasteiger partial charge in [-0.1, -0.05) is 24.3 Å². The molecule has 0 spiro atoms. The molecular weight excluding hydrogens is 250 g/mol. The lowest BCUT2D eigenvalue weighted by atomic mass is 9.98. The highest BCUT2D eigenvalue weighted by atomic mass is 35.5. The Hall–Kier alpha value is -0.610. The van der Waals surface area contributed by atoms with Gasteiger partial charge in [0.25, 0.3) is 0 Å². The van der Waals surface area contributed by atoms with Crippen LogP contribution in [0.3, 0.4) is 0 Å². The van der Waals surface area contributed by atoms with Crippen molar-refractivity contribution in [3.8, 4) is 0 Å². The highest BCUT2D eigenvalue weighted by Gasteiger charge is 2.35. The molecule has 2 N–H and O–H groups in total. The maximum Gasteiger partial charge on any atom is 0.194 e. The number of nitrogens with two attached hydrogens (primary N) is 1. The van der Waals surface area contributed by atoms with Gasteiger partial charge in [-0.05, 0) is 18.4 Å². The Kier molecular flexibility index (Phi) is 5.01. The zero-order valence-corrected chi connectivity index (χ0v) is 11.3. The molecule has 0 radical (unpaired) electrons. The number of hydrogen-bond donors (Lipinski definition) is 1. The van der Waals surface area contributed by atoms with E-state index >= 15 is 0 Å². The Labute approximate surface area is 113 Å². The van der Waals surface area contributed by atoms with Gasteiger partial charge in [-0.3, -0.25) is 0 Å². The van der Waals surface area contributed by atoms with Gasteiger partial charge in [0.15, 0.2) is 5.79 Å². The van der Waals surface area contributed by atoms with Gasteiger partial charge in [-0.25, -0.2) is 0 Å². The first-order chi connectivity index (χ1) is 8.80. The molecule has 0 atom stereocenters. The Morgan fingerprint density at radius 1 is 1.17 bits per heavy atom. The fourth-order valence-corrected chi connectivity index (χ4v) is 2.36. The zero-order valence-electron chi connectivity index (χ0n) is 10.5. The van der Waals surface area contributed by atoms with Crippen LogP contribution in [0.15, 0.2) is 24.3 Å². The highest BCUT2D eigenvalue weighted by Crippen LogP contribution is 2.35. The van der Waals surface area contributed by atoms with Crippen LogP contribution in [0.2, 0.25) is 0 Å². The van der Waals surface area contributed by atoms with E-state index in [4.69, 9.17) is 26.8 Å². The second-order valence-corrected chi connectivity index (χ2v) is 4.87. The van der Waals surface area contributed by atoms with Gasteiger partial charge in [-0.15, -0.1) is 11.6 Å². The van der Waals surface area contributed by atoms with Crippen LogP contribution in [0.4, 0.5) is 0 Å². The van der Waals surface area contributed by atoms with Gasteiger partial charge < -0.3 is 15.2 Å². The molecule has 0 unspecified atom stereocenters. The minimum atomic E-state index is -0.611. The van der Waals surface area contributed by atoms with Crippen molar-refractivity contribution >= 4 is 11.6 Å². The summed E-state index contributed by atoms with van der Waals surface area (Å²) in [6.45, 7) is 2.03. The third-order valence-electron chi connectivity index (χ3n) is 3.23. The van der Waals surface area contributed by atoms with Crippen LogP contribution in [0.25, 0.3) is 0 Å². The molecule has 1 fully saturated rings. The summed E-state index contributed by atoms with van der Waals surface area (Å²) in [5.41, 5.74) is 7.78. The predicted octanol–water partition coefficient (Wildman–Crippen LogP) is 2.75. The van der Waals surface area contributed by atoms with E-state index in [1.165, 1.54) is 0 Å². The molecule has 1 saturated heterocycles. The second-order valence-electron chi connectivity index (χ2n) is 4.50. The summed E-state index contributed by atoms with van der Waals surface area (Å²) in [7, 11) is 0. The lowest BCUT2D eigenvalue weighted by Crippen LogP contribution is -2.38. The predicted molar refractivity (Wildman–Crippen MR) is 72.5 cm³/mol. The molecule has 1 aromatic carbocycles. The smallest absolute Gasteiger partial charge is 0.194 e. The molecule has 0 aliphatic carbocycles. The van der Waals surface area contributed by atoms with Gasteiger partial charge >= 0.3 is 0 Å². The minimum absolute atomic E-state index is 0.552. The third kappa shape index (κ3) is 3.04. The van der Waals surface area contributed by atoms with Crippen LogP contribution >= 0.6 is 11.6 Å². The summed E-state index contributed by atoms with van der Waals surface area (Å²) in [5, 5.41) is 0. The van der Waals surface area contributed by atoms with Crippen LogP contribution in [-0.4, -0.2) is 19.1 Å². The molecule has 4 heteroatoms. The van der Waals surface area contributed by atoms with Crippen molar-refractivity contribution in [2.75, 3.05) is 19.1 Å². The van der Waals surface area contributed by atoms with E-state index in [0.717, 1.165) is 43.6 Å². The van der Waals surface area contributed by atoms with Crippen LogP contribution in [0.1, 0.15) is 30.4 Å². The average molecular weight is 270 g/mol. The first kappa shape index (κ1) is 13.8. The molecule has 3 nitrogen and oxygen atoms in total. The molecule has 1 aliphatic rings. The molecule has 18 heavy (non-hydrogen) atoms. The Morgan fingerprint density at radius 3 is 2.39 bits per heavy atom. The zero-order chi connectivity index (χ0) is 12.8. The average Bonchev–Trinajstić information content (AvgIpc) is 2.46. The van der Waals surface area contributed by atoms with Crippen molar-refractivity contribution in [2.24, 2.45) is 5.73 Å². The maximum atomic E-state index is 5.92. The number of rotatable bonds is 5. The van der Waals surface area contributed by atoms with E-state index in [1.54, 1.807) is 0 Å². The Morgan fingerprint density at radius 2 is 1.83 bits per heavy atom. The van der Waals surface area contributed by atoms with Gasteiger partial charge in [-0.2, -0.15) is 0 Å². The number of hydrogen-bond acceptors (Lipinski definition) is 3. The van der Waals surface area contributed by atoms with E-state index in [0.29, 0.717) is 12.4 Å². The molecule has 2 rings (SSSR count). The maximum absolute atomic E-state index is 5.92. The molecule has 100 valence electrons. The van der Waals surface area contributed by atoms with Crippen molar-refractivity contribution < 1.29 is 9.47 Å². The molecule has 1 heterocycles. The highest BCUT2D eigenvalue weighted by molar-refractivity contribution is 6.17. The second kappa shape index (κ2) is 6.53. The summed E-state index contributed by atoms with van der Waals surface area (Å²) in [6.07, 6.45) is 2.61. The molecule has 0 saturated carbocycles. The van der Waals surface area contributed by atoms with Gasteiger partial charge in [0, 0.05) is 24.4 Å². The summed E-state index contributed by atoms with van der Waals surface area (Å²) in [4.78, 5) is 0. The number of ether oxygens (including phenoxy) is 2. The summed E-state index contributed by atoms with van der Waals surface area (Å²) in [6, 6.07) is 8.14. The summed E-state index contributed by atoms with van der Waals surface area (Å²) >= 11 is 5.79. The van der Waals surface area contributed by atoms with E-state index in [1.807, 2.05) is 24.3 Å². The van der Waals surface area contributed by atoms with Crippen molar-refractivity contribution in [3.63, 3.8) is 0 Å². The first-order valence-corrected chi connectivity index (χ1v) is 6.97. The van der Waals surface area contributed by atoms with Crippen LogP contribution in [0.5, 0.6) is 0 Å². The molecule has 0 bridgehead atoms. The Balaban J connectivity index is 2.20. The topological polar surface area (TPSA) is 44.5 Å². The van der Waals surface area contributed by atoms with E-state index < -0.39 is 5.79 Å². The van der Waals surface area contributed by atoms with Crippen molar-refractivity contribution in [1.29, 1.82) is 0 Å². The fourth-order valence-electron chi connectivity index (χ4n) is 2.22. The van der Waals surface area contributed by atoms with E-state index in [-0.39, 0.29) is 0 Å². The number of halogens is 1. The Bertz CT molecular complexity index is 361. The largest absolute Gasteiger partial charge is 0.346 e. The van der Waals surface area contributed by atoms with E-state index in [2.05, 4.69) is 0 Å². The summed E-state index contributed by atoms with van der Waals surface area (Å²) < 4.78 is 11.8. The lowest BCUT2D eigenvalue weighted by Gasteiger charge is -2.37. The minimum Gasteiger partial charge on any atom is -0.346 e. The normalized spacial score (nSPS) is 18.8. The summed E-state index contributed by atoms with van der Waals surface area (Å²) in [5.74, 6) is 0.00955. The quantitative estimate of drug-likeness (QED) is 0.836. The molecule has 1 aliphatic heterocycles. The van der Waals surface area contributed by atoms with E-state index in [9.17, 15) is 0 Å². The van der Waals surface area contributed by atoms with Crippen molar-refractivity contribution in [3.05, 3.63) is 35.4 Å². The monoisotopic (exact) mass is 269 g/mol. The fraction of sp³-hybridized carbons (Fsp3) is 0.571. The number of alkyl halides is 1. The standard InChI is InChI=1S/C14H20ClNO2/c15-8-1-7-14(17-9-2-10-18-14)13-5-3-12(11-16)4-6-13/h3-6H,1-2,7-11,16H2. The third-order valence-corrected chi connectivity index (χ3v) is 3.50. The van der Waals surface area contributed by atoms with Gasteiger partial charge in [0.2, 0.25) is 0 Å². The molecule has 0 amide bonds. The molecular formula is C14H20ClNO2. The van der Waals surface area contributed by atoms with Gasteiger partial charge in [0.05, 0.1) is 13.2 Å². The van der Waals surface area contributed by atoms with Gasteiger partial charge in [0.1, 0.15) is 0 Å². The van der Waals surface area contributed by atoms with Crippen LogP contribution in [-0.2, 0) is 21.8 Å². The molecule has 1 aromatic rings. The SMILES string of the molecule is NCc1ccc(C2(CCCCl)OCCCO2)cc1. The van der Waals surface area contributed by atoms with Crippen LogP contribution in [0, 0.1) is 0 Å². The van der Waals surface area contributed by atoms with Crippen molar-refractivity contribution in [2.45, 2.75) is 31.6 Å². The van der Waals surface area contributed by atoms with Crippen LogP contribution < -0.4 is 5.73 Å². The van der Waals surface area contributed by atoms with Crippen molar-refractivity contribution in [1.82, 2.24) is 0 Å².